The SMILES string of the molecule is CCOC(=O)CCNC(=O)CNC(=O)/C=C/c1ccccc1. The van der Waals surface area contributed by atoms with E-state index in [-0.39, 0.29) is 37.3 Å². The first kappa shape index (κ1) is 17.4. The minimum atomic E-state index is -0.363. The van der Waals surface area contributed by atoms with Crippen molar-refractivity contribution < 1.29 is 19.1 Å². The number of amides is 2. The normalized spacial score (nSPS) is 10.2. The van der Waals surface area contributed by atoms with Crippen molar-refractivity contribution in [1.82, 2.24) is 10.6 Å². The molecule has 1 rings (SSSR count). The van der Waals surface area contributed by atoms with E-state index < -0.39 is 0 Å². The Balaban J connectivity index is 2.19. The van der Waals surface area contributed by atoms with Crippen LogP contribution in [-0.4, -0.2) is 37.5 Å². The molecule has 0 atom stereocenters. The molecule has 0 aliphatic heterocycles. The monoisotopic (exact) mass is 304 g/mol. The molecule has 118 valence electrons. The number of carbonyl (C=O) groups excluding carboxylic acids is 3. The van der Waals surface area contributed by atoms with Crippen molar-refractivity contribution in [1.29, 1.82) is 0 Å². The molecule has 0 radical (unpaired) electrons. The molecular formula is C16H20N2O4. The summed E-state index contributed by atoms with van der Waals surface area (Å²) in [6, 6.07) is 9.36. The Hall–Kier alpha value is -2.63. The molecule has 0 bridgehead atoms. The number of hydrogen-bond acceptors (Lipinski definition) is 4. The second-order valence-electron chi connectivity index (χ2n) is 4.37. The van der Waals surface area contributed by atoms with Crippen molar-refractivity contribution in [3.05, 3.63) is 42.0 Å². The topological polar surface area (TPSA) is 84.5 Å². The molecule has 0 spiro atoms. The number of ether oxygens (including phenoxy) is 1. The standard InChI is InChI=1S/C16H20N2O4/c1-2-22-16(21)10-11-17-15(20)12-18-14(19)9-8-13-6-4-3-5-7-13/h3-9H,2,10-12H2,1H3,(H,17,20)(H,18,19)/b9-8+. The summed E-state index contributed by atoms with van der Waals surface area (Å²) in [7, 11) is 0. The van der Waals surface area contributed by atoms with Crippen LogP contribution in [0.3, 0.4) is 0 Å². The van der Waals surface area contributed by atoms with Crippen molar-refractivity contribution in [2.45, 2.75) is 13.3 Å². The van der Waals surface area contributed by atoms with Crippen LogP contribution in [-0.2, 0) is 19.1 Å². The van der Waals surface area contributed by atoms with E-state index in [2.05, 4.69) is 10.6 Å². The zero-order chi connectivity index (χ0) is 16.2. The summed E-state index contributed by atoms with van der Waals surface area (Å²) in [5.74, 6) is -1.08. The number of nitrogens with one attached hydrogen (secondary N) is 2. The van der Waals surface area contributed by atoms with Crippen molar-refractivity contribution in [2.75, 3.05) is 19.7 Å². The van der Waals surface area contributed by atoms with Gasteiger partial charge in [-0.2, -0.15) is 0 Å². The molecule has 2 amide bonds. The maximum absolute atomic E-state index is 11.5. The quantitative estimate of drug-likeness (QED) is 0.552. The molecule has 22 heavy (non-hydrogen) atoms. The number of carbonyl (C=O) groups is 3. The highest BCUT2D eigenvalue weighted by Gasteiger charge is 2.05. The van der Waals surface area contributed by atoms with E-state index in [0.29, 0.717) is 6.61 Å². The molecule has 0 heterocycles. The lowest BCUT2D eigenvalue weighted by Crippen LogP contribution is -2.37. The van der Waals surface area contributed by atoms with Crippen molar-refractivity contribution >= 4 is 23.9 Å². The second-order valence-corrected chi connectivity index (χ2v) is 4.37. The van der Waals surface area contributed by atoms with Crippen LogP contribution in [0.25, 0.3) is 6.08 Å². The molecular weight excluding hydrogens is 284 g/mol. The van der Waals surface area contributed by atoms with E-state index in [1.54, 1.807) is 13.0 Å². The summed E-state index contributed by atoms with van der Waals surface area (Å²) in [4.78, 5) is 34.1. The van der Waals surface area contributed by atoms with Crippen LogP contribution >= 0.6 is 0 Å². The Labute approximate surface area is 129 Å². The van der Waals surface area contributed by atoms with Crippen molar-refractivity contribution in [2.24, 2.45) is 0 Å². The molecule has 0 aliphatic carbocycles. The molecule has 6 heteroatoms. The highest BCUT2D eigenvalue weighted by atomic mass is 16.5. The molecule has 0 saturated carbocycles. The molecule has 6 nitrogen and oxygen atoms in total. The first-order valence-corrected chi connectivity index (χ1v) is 7.05. The summed E-state index contributed by atoms with van der Waals surface area (Å²) in [5.41, 5.74) is 0.900. The zero-order valence-corrected chi connectivity index (χ0v) is 12.5. The molecule has 0 unspecified atom stereocenters. The van der Waals surface area contributed by atoms with Crippen LogP contribution in [0.15, 0.2) is 36.4 Å². The summed E-state index contributed by atoms with van der Waals surface area (Å²) in [6.07, 6.45) is 3.14. The highest BCUT2D eigenvalue weighted by Crippen LogP contribution is 2.00. The van der Waals surface area contributed by atoms with Gasteiger partial charge in [0.2, 0.25) is 11.8 Å². The first-order chi connectivity index (χ1) is 10.6. The van der Waals surface area contributed by atoms with E-state index in [4.69, 9.17) is 4.74 Å². The fourth-order valence-corrected chi connectivity index (χ4v) is 1.56. The van der Waals surface area contributed by atoms with Crippen LogP contribution in [0.4, 0.5) is 0 Å². The van der Waals surface area contributed by atoms with Gasteiger partial charge in [-0.05, 0) is 18.6 Å². The zero-order valence-electron chi connectivity index (χ0n) is 12.5. The fraction of sp³-hybridized carbons (Fsp3) is 0.312. The van der Waals surface area contributed by atoms with E-state index >= 15 is 0 Å². The van der Waals surface area contributed by atoms with Gasteiger partial charge >= 0.3 is 5.97 Å². The van der Waals surface area contributed by atoms with Crippen LogP contribution in [0.5, 0.6) is 0 Å². The Morgan fingerprint density at radius 2 is 1.86 bits per heavy atom. The van der Waals surface area contributed by atoms with Crippen molar-refractivity contribution in [3.8, 4) is 0 Å². The lowest BCUT2D eigenvalue weighted by Gasteiger charge is -2.05. The van der Waals surface area contributed by atoms with E-state index in [0.717, 1.165) is 5.56 Å². The minimum absolute atomic E-state index is 0.113. The summed E-state index contributed by atoms with van der Waals surface area (Å²) in [6.45, 7) is 2.08. The fourth-order valence-electron chi connectivity index (χ4n) is 1.56. The molecule has 0 fully saturated rings. The van der Waals surface area contributed by atoms with Gasteiger partial charge in [0.1, 0.15) is 0 Å². The van der Waals surface area contributed by atoms with Gasteiger partial charge in [-0.3, -0.25) is 14.4 Å². The third-order valence-corrected chi connectivity index (χ3v) is 2.61. The molecule has 1 aromatic rings. The number of rotatable bonds is 8. The van der Waals surface area contributed by atoms with E-state index in [1.165, 1.54) is 6.08 Å². The molecule has 0 aromatic heterocycles. The van der Waals surface area contributed by atoms with Crippen molar-refractivity contribution in [3.63, 3.8) is 0 Å². The van der Waals surface area contributed by atoms with Gasteiger partial charge in [-0.15, -0.1) is 0 Å². The third-order valence-electron chi connectivity index (χ3n) is 2.61. The average molecular weight is 304 g/mol. The summed E-state index contributed by atoms with van der Waals surface area (Å²) >= 11 is 0. The maximum Gasteiger partial charge on any atom is 0.307 e. The third kappa shape index (κ3) is 7.84. The van der Waals surface area contributed by atoms with E-state index in [1.807, 2.05) is 30.3 Å². The van der Waals surface area contributed by atoms with Crippen LogP contribution in [0.1, 0.15) is 18.9 Å². The van der Waals surface area contributed by atoms with Crippen LogP contribution in [0, 0.1) is 0 Å². The molecule has 2 N–H and O–H groups in total. The van der Waals surface area contributed by atoms with Gasteiger partial charge in [0.05, 0.1) is 19.6 Å². The number of esters is 1. The predicted octanol–water partition coefficient (Wildman–Crippen LogP) is 0.885. The smallest absolute Gasteiger partial charge is 0.307 e. The average Bonchev–Trinajstić information content (AvgIpc) is 2.52. The number of hydrogen-bond donors (Lipinski definition) is 2. The number of benzene rings is 1. The van der Waals surface area contributed by atoms with E-state index in [9.17, 15) is 14.4 Å². The van der Waals surface area contributed by atoms with Gasteiger partial charge in [0.15, 0.2) is 0 Å². The first-order valence-electron chi connectivity index (χ1n) is 7.05. The van der Waals surface area contributed by atoms with Gasteiger partial charge in [0.25, 0.3) is 0 Å². The van der Waals surface area contributed by atoms with Crippen LogP contribution < -0.4 is 10.6 Å². The minimum Gasteiger partial charge on any atom is -0.466 e. The Morgan fingerprint density at radius 1 is 1.14 bits per heavy atom. The lowest BCUT2D eigenvalue weighted by molar-refractivity contribution is -0.143. The highest BCUT2D eigenvalue weighted by molar-refractivity contribution is 5.94. The summed E-state index contributed by atoms with van der Waals surface area (Å²) < 4.78 is 4.73. The Morgan fingerprint density at radius 3 is 2.55 bits per heavy atom. The maximum atomic E-state index is 11.5. The lowest BCUT2D eigenvalue weighted by atomic mass is 10.2. The molecule has 0 saturated heterocycles. The molecule has 0 aliphatic rings. The Bertz CT molecular complexity index is 526. The van der Waals surface area contributed by atoms with Gasteiger partial charge in [0, 0.05) is 12.6 Å². The van der Waals surface area contributed by atoms with Gasteiger partial charge < -0.3 is 15.4 Å². The second kappa shape index (κ2) is 10.1. The molecule has 1 aromatic carbocycles. The van der Waals surface area contributed by atoms with Gasteiger partial charge in [-0.25, -0.2) is 0 Å². The van der Waals surface area contributed by atoms with Crippen LogP contribution in [0.2, 0.25) is 0 Å². The predicted molar refractivity (Wildman–Crippen MR) is 82.7 cm³/mol. The largest absolute Gasteiger partial charge is 0.466 e. The van der Waals surface area contributed by atoms with Gasteiger partial charge in [-0.1, -0.05) is 30.3 Å². The Kier molecular flexibility index (Phi) is 8.04. The summed E-state index contributed by atoms with van der Waals surface area (Å²) in [5, 5.41) is 4.98.